The van der Waals surface area contributed by atoms with E-state index in [1.165, 1.54) is 82.8 Å². The average molecular weight is 941 g/mol. The molecular weight excluding hydrogens is 897 g/mol. The molecule has 0 aliphatic heterocycles. The lowest BCUT2D eigenvalue weighted by Crippen LogP contribution is -2.26. The van der Waals surface area contributed by atoms with Gasteiger partial charge in [-0.1, -0.05) is 212 Å². The molecule has 0 saturated carbocycles. The number of benzene rings is 12. The number of hydrogen-bond donors (Lipinski definition) is 0. The number of aromatic nitrogens is 1. The summed E-state index contributed by atoms with van der Waals surface area (Å²) in [6.07, 6.45) is 0. The quantitative estimate of drug-likeness (QED) is 0.166. The van der Waals surface area contributed by atoms with Crippen LogP contribution in [0.5, 0.6) is 0 Å². The molecule has 0 unspecified atom stereocenters. The maximum absolute atomic E-state index is 7.05. The summed E-state index contributed by atoms with van der Waals surface area (Å²) in [5, 5.41) is 7.11. The predicted molar refractivity (Wildman–Crippen MR) is 307 cm³/mol. The maximum atomic E-state index is 7.05. The van der Waals surface area contributed by atoms with Crippen LogP contribution in [-0.2, 0) is 5.41 Å². The molecule has 3 heteroatoms. The van der Waals surface area contributed by atoms with Crippen LogP contribution in [0.3, 0.4) is 0 Å². The molecule has 0 amide bonds. The van der Waals surface area contributed by atoms with Crippen LogP contribution >= 0.6 is 0 Å². The SMILES string of the molecule is c1ccc2c(c1)-c1ccccc1C21c2ccccc2-c2c(N(c3ccc(-c4ccc(-c5ccc(-n6c7ccccc7c7ccccc76)cc5)cc4)cc3)c3cc4ccccc4c4c3oc3ccccc34)cccc21. The van der Waals surface area contributed by atoms with E-state index in [1.54, 1.807) is 0 Å². The first-order valence-electron chi connectivity index (χ1n) is 25.6. The molecule has 74 heavy (non-hydrogen) atoms. The third-order valence-electron chi connectivity index (χ3n) is 16.2. The van der Waals surface area contributed by atoms with Crippen LogP contribution in [0.1, 0.15) is 22.3 Å². The van der Waals surface area contributed by atoms with E-state index in [0.717, 1.165) is 61.2 Å². The van der Waals surface area contributed by atoms with Gasteiger partial charge in [-0.15, -0.1) is 0 Å². The summed E-state index contributed by atoms with van der Waals surface area (Å²) in [4.78, 5) is 2.47. The molecule has 0 atom stereocenters. The molecule has 2 heterocycles. The van der Waals surface area contributed by atoms with E-state index in [2.05, 4.69) is 276 Å². The second-order valence-electron chi connectivity index (χ2n) is 19.9. The van der Waals surface area contributed by atoms with E-state index in [4.69, 9.17) is 4.42 Å². The van der Waals surface area contributed by atoms with Gasteiger partial charge in [-0.25, -0.2) is 0 Å². The smallest absolute Gasteiger partial charge is 0.160 e. The molecule has 14 aromatic rings. The Hall–Kier alpha value is -9.70. The fourth-order valence-corrected chi connectivity index (χ4v) is 13.1. The van der Waals surface area contributed by atoms with Crippen LogP contribution < -0.4 is 4.90 Å². The van der Waals surface area contributed by atoms with Gasteiger partial charge in [0.1, 0.15) is 5.58 Å². The van der Waals surface area contributed by atoms with Gasteiger partial charge in [-0.3, -0.25) is 0 Å². The Morgan fingerprint density at radius 3 is 1.46 bits per heavy atom. The number of nitrogens with zero attached hydrogens (tertiary/aromatic N) is 2. The summed E-state index contributed by atoms with van der Waals surface area (Å²) >= 11 is 0. The Balaban J connectivity index is 0.842. The highest BCUT2D eigenvalue weighted by atomic mass is 16.3. The van der Waals surface area contributed by atoms with Crippen molar-refractivity contribution in [2.75, 3.05) is 4.90 Å². The zero-order valence-electron chi connectivity index (χ0n) is 40.2. The van der Waals surface area contributed by atoms with Crippen LogP contribution in [0, 0.1) is 0 Å². The van der Waals surface area contributed by atoms with Gasteiger partial charge in [0, 0.05) is 38.5 Å². The predicted octanol–water partition coefficient (Wildman–Crippen LogP) is 19.0. The number of rotatable bonds is 6. The van der Waals surface area contributed by atoms with E-state index in [-0.39, 0.29) is 0 Å². The van der Waals surface area contributed by atoms with Crippen molar-refractivity contribution in [3.05, 3.63) is 289 Å². The number of fused-ring (bicyclic) bond motifs is 18. The highest BCUT2D eigenvalue weighted by molar-refractivity contribution is 6.23. The van der Waals surface area contributed by atoms with Crippen LogP contribution in [0.2, 0.25) is 0 Å². The summed E-state index contributed by atoms with van der Waals surface area (Å²) in [5.74, 6) is 0. The Kier molecular flexibility index (Phi) is 8.66. The summed E-state index contributed by atoms with van der Waals surface area (Å²) < 4.78 is 9.42. The third-order valence-corrected chi connectivity index (χ3v) is 16.2. The zero-order valence-corrected chi connectivity index (χ0v) is 40.2. The Labute approximate surface area is 428 Å². The molecule has 0 fully saturated rings. The first kappa shape index (κ1) is 41.0. The first-order valence-corrected chi connectivity index (χ1v) is 25.6. The van der Waals surface area contributed by atoms with Crippen molar-refractivity contribution in [2.24, 2.45) is 0 Å². The molecule has 0 bridgehead atoms. The molecule has 1 spiro atoms. The first-order chi connectivity index (χ1) is 36.7. The summed E-state index contributed by atoms with van der Waals surface area (Å²) in [6.45, 7) is 0. The van der Waals surface area contributed by atoms with Gasteiger partial charge in [0.05, 0.1) is 27.8 Å². The molecule has 2 aliphatic carbocycles. The van der Waals surface area contributed by atoms with Crippen molar-refractivity contribution >= 4 is 71.6 Å². The van der Waals surface area contributed by atoms with Crippen molar-refractivity contribution in [1.82, 2.24) is 4.57 Å². The number of anilines is 3. The lowest BCUT2D eigenvalue weighted by molar-refractivity contribution is 0.669. The van der Waals surface area contributed by atoms with E-state index < -0.39 is 5.41 Å². The monoisotopic (exact) mass is 940 g/mol. The highest BCUT2D eigenvalue weighted by Gasteiger charge is 2.52. The molecule has 12 aromatic carbocycles. The third kappa shape index (κ3) is 5.66. The molecule has 16 rings (SSSR count). The van der Waals surface area contributed by atoms with Crippen LogP contribution in [0.25, 0.3) is 105 Å². The van der Waals surface area contributed by atoms with Gasteiger partial charge >= 0.3 is 0 Å². The van der Waals surface area contributed by atoms with Crippen LogP contribution in [0.15, 0.2) is 271 Å². The minimum atomic E-state index is -0.483. The number of hydrogen-bond acceptors (Lipinski definition) is 2. The summed E-state index contributed by atoms with van der Waals surface area (Å²) in [5.41, 5.74) is 23.0. The Bertz CT molecular complexity index is 4490. The van der Waals surface area contributed by atoms with Gasteiger partial charge in [0.25, 0.3) is 0 Å². The van der Waals surface area contributed by atoms with Crippen LogP contribution in [0.4, 0.5) is 17.1 Å². The minimum absolute atomic E-state index is 0.483. The molecule has 0 saturated heterocycles. The van der Waals surface area contributed by atoms with E-state index in [9.17, 15) is 0 Å². The Morgan fingerprint density at radius 1 is 0.351 bits per heavy atom. The molecule has 2 aliphatic rings. The molecule has 0 N–H and O–H groups in total. The van der Waals surface area contributed by atoms with Gasteiger partial charge in [-0.05, 0) is 127 Å². The topological polar surface area (TPSA) is 21.3 Å². The van der Waals surface area contributed by atoms with Crippen molar-refractivity contribution in [3.8, 4) is 50.2 Å². The minimum Gasteiger partial charge on any atom is -0.454 e. The lowest BCUT2D eigenvalue weighted by Gasteiger charge is -2.32. The van der Waals surface area contributed by atoms with E-state index in [1.807, 2.05) is 0 Å². The number of furan rings is 1. The summed E-state index contributed by atoms with van der Waals surface area (Å²) in [7, 11) is 0. The standard InChI is InChI=1S/C71H44N2O/c1-2-17-52-49(16-1)44-66(70-68(52)58-23-8-14-31-67(58)74-70)73(65-30-15-27-62-69(65)57-22-5-11-26-61(57)71(62)59-24-9-3-18-53(59)54-19-4-10-25-60(54)71)51-42-38-48(39-43-51)46-34-32-45(33-35-46)47-36-40-50(41-37-47)72-63-28-12-6-20-55(63)56-21-7-13-29-64(56)72/h1-44H. The maximum Gasteiger partial charge on any atom is 0.160 e. The fraction of sp³-hybridized carbons (Fsp3) is 0.0141. The zero-order chi connectivity index (χ0) is 48.5. The number of para-hydroxylation sites is 3. The van der Waals surface area contributed by atoms with Gasteiger partial charge in [0.15, 0.2) is 5.58 Å². The fourth-order valence-electron chi connectivity index (χ4n) is 13.1. The van der Waals surface area contributed by atoms with Gasteiger partial charge in [0.2, 0.25) is 0 Å². The van der Waals surface area contributed by atoms with Crippen molar-refractivity contribution < 1.29 is 4.42 Å². The summed E-state index contributed by atoms with van der Waals surface area (Å²) in [6, 6.07) is 98.1. The van der Waals surface area contributed by atoms with Crippen molar-refractivity contribution in [2.45, 2.75) is 5.41 Å². The van der Waals surface area contributed by atoms with E-state index >= 15 is 0 Å². The molecule has 344 valence electrons. The normalized spacial score (nSPS) is 13.0. The average Bonchev–Trinajstić information content (AvgIpc) is 4.22. The molecular formula is C71H44N2O. The van der Waals surface area contributed by atoms with Gasteiger partial charge < -0.3 is 13.9 Å². The second kappa shape index (κ2) is 15.6. The van der Waals surface area contributed by atoms with Crippen LogP contribution in [-0.4, -0.2) is 4.57 Å². The largest absolute Gasteiger partial charge is 0.454 e. The van der Waals surface area contributed by atoms with Crippen molar-refractivity contribution in [3.63, 3.8) is 0 Å². The van der Waals surface area contributed by atoms with E-state index in [0.29, 0.717) is 0 Å². The highest BCUT2D eigenvalue weighted by Crippen LogP contribution is 2.65. The second-order valence-corrected chi connectivity index (χ2v) is 19.9. The molecule has 0 radical (unpaired) electrons. The van der Waals surface area contributed by atoms with Crippen molar-refractivity contribution in [1.29, 1.82) is 0 Å². The molecule has 2 aromatic heterocycles. The Morgan fingerprint density at radius 2 is 0.824 bits per heavy atom. The molecule has 3 nitrogen and oxygen atoms in total. The lowest BCUT2D eigenvalue weighted by atomic mass is 9.70. The van der Waals surface area contributed by atoms with Gasteiger partial charge in [-0.2, -0.15) is 0 Å².